The number of aromatic nitrogens is 3. The van der Waals surface area contributed by atoms with E-state index in [4.69, 9.17) is 0 Å². The molecule has 1 aromatic carbocycles. The Kier molecular flexibility index (Phi) is 6.68. The molecule has 2 aromatic heterocycles. The van der Waals surface area contributed by atoms with Crippen LogP contribution < -0.4 is 0 Å². The number of pyridine rings is 1. The average molecular weight is 367 g/mol. The molecule has 0 amide bonds. The minimum Gasteiger partial charge on any atom is -0.309 e. The maximum Gasteiger partial charge on any atom is 0.123 e. The summed E-state index contributed by atoms with van der Waals surface area (Å²) in [7, 11) is 4.19. The van der Waals surface area contributed by atoms with E-state index >= 15 is 0 Å². The van der Waals surface area contributed by atoms with E-state index in [1.54, 1.807) is 16.8 Å². The van der Waals surface area contributed by atoms with Crippen LogP contribution in [0.4, 0.5) is 4.39 Å². The molecule has 0 fully saturated rings. The van der Waals surface area contributed by atoms with Gasteiger partial charge in [0.25, 0.3) is 0 Å². The number of halogens is 1. The zero-order chi connectivity index (χ0) is 19.1. The Morgan fingerprint density at radius 3 is 2.52 bits per heavy atom. The van der Waals surface area contributed by atoms with Crippen molar-refractivity contribution in [3.63, 3.8) is 0 Å². The molecule has 0 aliphatic rings. The molecule has 0 unspecified atom stereocenters. The predicted octanol–water partition coefficient (Wildman–Crippen LogP) is 3.36. The van der Waals surface area contributed by atoms with Crippen LogP contribution in [0.2, 0.25) is 0 Å². The molecule has 0 aliphatic heterocycles. The van der Waals surface area contributed by atoms with E-state index in [1.807, 2.05) is 30.7 Å². The van der Waals surface area contributed by atoms with Gasteiger partial charge in [0.15, 0.2) is 0 Å². The third kappa shape index (κ3) is 5.98. The molecule has 3 aromatic rings. The van der Waals surface area contributed by atoms with Gasteiger partial charge in [0.2, 0.25) is 0 Å². The maximum atomic E-state index is 13.1. The van der Waals surface area contributed by atoms with Crippen molar-refractivity contribution in [1.29, 1.82) is 0 Å². The Labute approximate surface area is 160 Å². The summed E-state index contributed by atoms with van der Waals surface area (Å²) in [6.07, 6.45) is 6.80. The highest BCUT2D eigenvalue weighted by Crippen LogP contribution is 2.13. The van der Waals surface area contributed by atoms with Gasteiger partial charge in [-0.1, -0.05) is 6.07 Å². The molecule has 5 nitrogen and oxygen atoms in total. The summed E-state index contributed by atoms with van der Waals surface area (Å²) in [4.78, 5) is 9.04. The SMILES string of the molecule is CN(C)CCCN(Cc1cnn(-c2ccc(F)cc2)c1)Cc1ccccn1. The summed E-state index contributed by atoms with van der Waals surface area (Å²) < 4.78 is 14.9. The number of benzene rings is 1. The Bertz CT molecular complexity index is 814. The first kappa shape index (κ1) is 19.2. The highest BCUT2D eigenvalue weighted by Gasteiger charge is 2.10. The van der Waals surface area contributed by atoms with Crippen molar-refractivity contribution in [3.05, 3.63) is 78.1 Å². The van der Waals surface area contributed by atoms with Gasteiger partial charge in [0, 0.05) is 37.6 Å². The van der Waals surface area contributed by atoms with E-state index in [1.165, 1.54) is 12.1 Å². The Balaban J connectivity index is 1.68. The summed E-state index contributed by atoms with van der Waals surface area (Å²) in [5.41, 5.74) is 3.04. The molecule has 0 bridgehead atoms. The van der Waals surface area contributed by atoms with Crippen LogP contribution in [-0.2, 0) is 13.1 Å². The summed E-state index contributed by atoms with van der Waals surface area (Å²) in [6.45, 7) is 3.63. The van der Waals surface area contributed by atoms with Gasteiger partial charge in [-0.05, 0) is 63.5 Å². The predicted molar refractivity (Wildman–Crippen MR) is 105 cm³/mol. The standard InChI is InChI=1S/C21H26FN5/c1-25(2)12-5-13-26(17-20-6-3-4-11-23-20)15-18-14-24-27(16-18)21-9-7-19(22)8-10-21/h3-4,6-11,14,16H,5,12-13,15,17H2,1-2H3. The molecule has 0 spiro atoms. The zero-order valence-electron chi connectivity index (χ0n) is 15.9. The lowest BCUT2D eigenvalue weighted by Crippen LogP contribution is -2.27. The van der Waals surface area contributed by atoms with E-state index < -0.39 is 0 Å². The van der Waals surface area contributed by atoms with Crippen LogP contribution in [0.3, 0.4) is 0 Å². The maximum absolute atomic E-state index is 13.1. The van der Waals surface area contributed by atoms with E-state index in [-0.39, 0.29) is 5.82 Å². The third-order valence-electron chi connectivity index (χ3n) is 4.32. The number of nitrogens with zero attached hydrogens (tertiary/aromatic N) is 5. The number of hydrogen-bond donors (Lipinski definition) is 0. The van der Waals surface area contributed by atoms with Gasteiger partial charge in [0.05, 0.1) is 17.6 Å². The highest BCUT2D eigenvalue weighted by atomic mass is 19.1. The Morgan fingerprint density at radius 1 is 1.00 bits per heavy atom. The number of hydrogen-bond acceptors (Lipinski definition) is 4. The fourth-order valence-electron chi connectivity index (χ4n) is 2.98. The fourth-order valence-corrected chi connectivity index (χ4v) is 2.98. The lowest BCUT2D eigenvalue weighted by atomic mass is 10.2. The zero-order valence-corrected chi connectivity index (χ0v) is 15.9. The Hall–Kier alpha value is -2.57. The van der Waals surface area contributed by atoms with E-state index in [0.29, 0.717) is 0 Å². The van der Waals surface area contributed by atoms with Crippen molar-refractivity contribution in [2.45, 2.75) is 19.5 Å². The molecule has 2 heterocycles. The van der Waals surface area contributed by atoms with Gasteiger partial charge in [-0.2, -0.15) is 5.10 Å². The largest absolute Gasteiger partial charge is 0.309 e. The molecule has 6 heteroatoms. The van der Waals surface area contributed by atoms with Crippen LogP contribution in [0, 0.1) is 5.82 Å². The van der Waals surface area contributed by atoms with Gasteiger partial charge in [-0.25, -0.2) is 9.07 Å². The second kappa shape index (κ2) is 9.39. The molecule has 0 radical (unpaired) electrons. The van der Waals surface area contributed by atoms with E-state index in [2.05, 4.69) is 40.0 Å². The second-order valence-corrected chi connectivity index (χ2v) is 6.96. The first-order valence-electron chi connectivity index (χ1n) is 9.16. The lowest BCUT2D eigenvalue weighted by molar-refractivity contribution is 0.237. The minimum atomic E-state index is -0.242. The normalized spacial score (nSPS) is 11.4. The minimum absolute atomic E-state index is 0.242. The Morgan fingerprint density at radius 2 is 1.81 bits per heavy atom. The smallest absolute Gasteiger partial charge is 0.123 e. The van der Waals surface area contributed by atoms with Crippen molar-refractivity contribution in [2.24, 2.45) is 0 Å². The van der Waals surface area contributed by atoms with Gasteiger partial charge in [-0.3, -0.25) is 9.88 Å². The lowest BCUT2D eigenvalue weighted by Gasteiger charge is -2.22. The quantitative estimate of drug-likeness (QED) is 0.581. The summed E-state index contributed by atoms with van der Waals surface area (Å²) >= 11 is 0. The van der Waals surface area contributed by atoms with Crippen LogP contribution in [-0.4, -0.2) is 51.7 Å². The molecule has 3 rings (SSSR count). The van der Waals surface area contributed by atoms with Crippen LogP contribution in [0.15, 0.2) is 61.1 Å². The average Bonchev–Trinajstić information content (AvgIpc) is 3.11. The highest BCUT2D eigenvalue weighted by molar-refractivity contribution is 5.31. The summed E-state index contributed by atoms with van der Waals surface area (Å²) in [5, 5.41) is 4.43. The van der Waals surface area contributed by atoms with Gasteiger partial charge >= 0.3 is 0 Å². The third-order valence-corrected chi connectivity index (χ3v) is 4.32. The first-order chi connectivity index (χ1) is 13.1. The number of rotatable bonds is 9. The summed E-state index contributed by atoms with van der Waals surface area (Å²) in [6, 6.07) is 12.4. The van der Waals surface area contributed by atoms with Gasteiger partial charge < -0.3 is 4.90 Å². The van der Waals surface area contributed by atoms with Crippen LogP contribution >= 0.6 is 0 Å². The summed E-state index contributed by atoms with van der Waals surface area (Å²) in [5.74, 6) is -0.242. The molecule has 0 saturated carbocycles. The first-order valence-corrected chi connectivity index (χ1v) is 9.16. The molecular weight excluding hydrogens is 341 g/mol. The van der Waals surface area contributed by atoms with Crippen LogP contribution in [0.25, 0.3) is 5.69 Å². The van der Waals surface area contributed by atoms with E-state index in [0.717, 1.165) is 49.5 Å². The van der Waals surface area contributed by atoms with Crippen molar-refractivity contribution in [1.82, 2.24) is 24.6 Å². The van der Waals surface area contributed by atoms with Gasteiger partial charge in [0.1, 0.15) is 5.82 Å². The van der Waals surface area contributed by atoms with Crippen LogP contribution in [0.1, 0.15) is 17.7 Å². The molecule has 0 aliphatic carbocycles. The molecule has 0 N–H and O–H groups in total. The van der Waals surface area contributed by atoms with Crippen LogP contribution in [0.5, 0.6) is 0 Å². The topological polar surface area (TPSA) is 37.2 Å². The molecular formula is C21H26FN5. The van der Waals surface area contributed by atoms with Crippen molar-refractivity contribution < 1.29 is 4.39 Å². The second-order valence-electron chi connectivity index (χ2n) is 6.96. The fraction of sp³-hybridized carbons (Fsp3) is 0.333. The monoisotopic (exact) mass is 367 g/mol. The molecule has 27 heavy (non-hydrogen) atoms. The van der Waals surface area contributed by atoms with Crippen molar-refractivity contribution >= 4 is 0 Å². The van der Waals surface area contributed by atoms with E-state index in [9.17, 15) is 4.39 Å². The van der Waals surface area contributed by atoms with Crippen molar-refractivity contribution in [3.8, 4) is 5.69 Å². The van der Waals surface area contributed by atoms with Gasteiger partial charge in [-0.15, -0.1) is 0 Å². The molecule has 0 atom stereocenters. The molecule has 0 saturated heterocycles. The molecule has 142 valence electrons. The van der Waals surface area contributed by atoms with Crippen molar-refractivity contribution in [2.75, 3.05) is 27.2 Å².